The van der Waals surface area contributed by atoms with E-state index in [9.17, 15) is 19.2 Å². The quantitative estimate of drug-likeness (QED) is 0.752. The summed E-state index contributed by atoms with van der Waals surface area (Å²) in [7, 11) is 3.37. The molecule has 2 heterocycles. The van der Waals surface area contributed by atoms with Gasteiger partial charge >= 0.3 is 12.1 Å². The van der Waals surface area contributed by atoms with Crippen molar-refractivity contribution >= 4 is 23.9 Å². The van der Waals surface area contributed by atoms with Crippen molar-refractivity contribution in [2.24, 2.45) is 5.92 Å². The zero-order valence-electron chi connectivity index (χ0n) is 16.3. The van der Waals surface area contributed by atoms with Crippen molar-refractivity contribution in [3.8, 4) is 0 Å². The number of nitrogens with one attached hydrogen (secondary N) is 2. The molecular weight excluding hydrogens is 362 g/mol. The maximum atomic E-state index is 12.8. The number of hydrazine groups is 1. The normalized spacial score (nSPS) is 22.8. The Hall–Kier alpha value is -3.10. The average Bonchev–Trinajstić information content (AvgIpc) is 2.92. The van der Waals surface area contributed by atoms with Gasteiger partial charge in [0.25, 0.3) is 5.91 Å². The average molecular weight is 387 g/mol. The van der Waals surface area contributed by atoms with E-state index >= 15 is 0 Å². The fourth-order valence-electron chi connectivity index (χ4n) is 3.53. The third-order valence-electron chi connectivity index (χ3n) is 5.28. The molecule has 9 nitrogen and oxygen atoms in total. The molecule has 1 aromatic rings. The Balaban J connectivity index is 1.63. The van der Waals surface area contributed by atoms with Gasteiger partial charge in [0.05, 0.1) is 0 Å². The van der Waals surface area contributed by atoms with Crippen LogP contribution in [0.1, 0.15) is 25.3 Å². The third-order valence-corrected chi connectivity index (χ3v) is 5.28. The SMILES string of the molecule is CN(C)C(=O)N1CCC(C(=O)NN2C(=O)NC(C)(c3ccccc3)C2=O)CC1. The topological polar surface area (TPSA) is 102 Å². The van der Waals surface area contributed by atoms with Crippen LogP contribution in [0.2, 0.25) is 0 Å². The smallest absolute Gasteiger partial charge is 0.331 e. The largest absolute Gasteiger partial charge is 0.344 e. The second kappa shape index (κ2) is 7.49. The summed E-state index contributed by atoms with van der Waals surface area (Å²) in [4.78, 5) is 52.9. The number of amides is 6. The van der Waals surface area contributed by atoms with Gasteiger partial charge in [-0.2, -0.15) is 5.01 Å². The molecule has 6 amide bonds. The molecule has 3 rings (SSSR count). The van der Waals surface area contributed by atoms with Gasteiger partial charge in [0.15, 0.2) is 0 Å². The van der Waals surface area contributed by atoms with Crippen molar-refractivity contribution in [2.45, 2.75) is 25.3 Å². The Morgan fingerprint density at radius 1 is 1.14 bits per heavy atom. The number of imide groups is 1. The monoisotopic (exact) mass is 387 g/mol. The molecule has 2 aliphatic heterocycles. The predicted molar refractivity (Wildman–Crippen MR) is 101 cm³/mol. The van der Waals surface area contributed by atoms with Gasteiger partial charge in [0.2, 0.25) is 5.91 Å². The van der Waals surface area contributed by atoms with Crippen molar-refractivity contribution in [2.75, 3.05) is 27.2 Å². The zero-order valence-corrected chi connectivity index (χ0v) is 16.3. The molecule has 2 aliphatic rings. The molecular formula is C19H25N5O4. The molecule has 2 fully saturated rings. The fraction of sp³-hybridized carbons (Fsp3) is 0.474. The highest BCUT2D eigenvalue weighted by atomic mass is 16.2. The lowest BCUT2D eigenvalue weighted by atomic mass is 9.92. The van der Waals surface area contributed by atoms with Gasteiger partial charge in [-0.1, -0.05) is 30.3 Å². The molecule has 0 aromatic heterocycles. The zero-order chi connectivity index (χ0) is 20.5. The van der Waals surface area contributed by atoms with Gasteiger partial charge in [0, 0.05) is 33.1 Å². The van der Waals surface area contributed by atoms with Gasteiger partial charge in [-0.05, 0) is 25.3 Å². The maximum absolute atomic E-state index is 12.8. The molecule has 9 heteroatoms. The van der Waals surface area contributed by atoms with Gasteiger partial charge in [0.1, 0.15) is 5.54 Å². The highest BCUT2D eigenvalue weighted by Crippen LogP contribution is 2.28. The van der Waals surface area contributed by atoms with Crippen LogP contribution in [-0.2, 0) is 15.1 Å². The van der Waals surface area contributed by atoms with E-state index in [0.717, 1.165) is 5.01 Å². The standard InChI is InChI=1S/C19H25N5O4/c1-19(14-7-5-4-6-8-14)16(26)24(17(27)20-19)21-15(25)13-9-11-23(12-10-13)18(28)22(2)3/h4-8,13H,9-12H2,1-3H3,(H,20,27)(H,21,25). The molecule has 2 saturated heterocycles. The highest BCUT2D eigenvalue weighted by Gasteiger charge is 2.50. The van der Waals surface area contributed by atoms with Crippen molar-refractivity contribution in [3.63, 3.8) is 0 Å². The van der Waals surface area contributed by atoms with Crippen LogP contribution in [0.3, 0.4) is 0 Å². The highest BCUT2D eigenvalue weighted by molar-refractivity contribution is 6.08. The molecule has 1 aromatic carbocycles. The summed E-state index contributed by atoms with van der Waals surface area (Å²) >= 11 is 0. The fourth-order valence-corrected chi connectivity index (χ4v) is 3.53. The van der Waals surface area contributed by atoms with Crippen molar-refractivity contribution in [3.05, 3.63) is 35.9 Å². The molecule has 0 bridgehead atoms. The number of likely N-dealkylation sites (tertiary alicyclic amines) is 1. The minimum Gasteiger partial charge on any atom is -0.331 e. The lowest BCUT2D eigenvalue weighted by Gasteiger charge is -2.33. The van der Waals surface area contributed by atoms with E-state index in [1.54, 1.807) is 50.2 Å². The number of piperidine rings is 1. The first-order chi connectivity index (χ1) is 13.2. The van der Waals surface area contributed by atoms with Crippen LogP contribution in [0.25, 0.3) is 0 Å². The number of carbonyl (C=O) groups excluding carboxylic acids is 4. The van der Waals surface area contributed by atoms with Crippen molar-refractivity contribution in [1.29, 1.82) is 0 Å². The van der Waals surface area contributed by atoms with Gasteiger partial charge in [-0.3, -0.25) is 15.0 Å². The molecule has 28 heavy (non-hydrogen) atoms. The minimum atomic E-state index is -1.23. The minimum absolute atomic E-state index is 0.0911. The number of rotatable bonds is 3. The Labute approximate surface area is 163 Å². The first-order valence-corrected chi connectivity index (χ1v) is 9.23. The Morgan fingerprint density at radius 2 is 1.75 bits per heavy atom. The van der Waals surface area contributed by atoms with E-state index < -0.39 is 23.4 Å². The van der Waals surface area contributed by atoms with E-state index in [1.807, 2.05) is 6.07 Å². The van der Waals surface area contributed by atoms with E-state index in [4.69, 9.17) is 0 Å². The van der Waals surface area contributed by atoms with E-state index in [-0.39, 0.29) is 11.9 Å². The summed E-state index contributed by atoms with van der Waals surface area (Å²) in [5, 5.41) is 3.41. The predicted octanol–water partition coefficient (Wildman–Crippen LogP) is 0.878. The Kier molecular flexibility index (Phi) is 5.26. The lowest BCUT2D eigenvalue weighted by molar-refractivity contribution is -0.141. The Bertz CT molecular complexity index is 789. The second-order valence-corrected chi connectivity index (χ2v) is 7.48. The second-order valence-electron chi connectivity index (χ2n) is 7.48. The molecule has 0 saturated carbocycles. The lowest BCUT2D eigenvalue weighted by Crippen LogP contribution is -2.52. The number of carbonyl (C=O) groups is 4. The summed E-state index contributed by atoms with van der Waals surface area (Å²) in [6, 6.07) is 8.13. The molecule has 0 aliphatic carbocycles. The summed E-state index contributed by atoms with van der Waals surface area (Å²) < 4.78 is 0. The molecule has 0 radical (unpaired) electrons. The first kappa shape index (κ1) is 19.7. The molecule has 1 unspecified atom stereocenters. The number of hydrogen-bond acceptors (Lipinski definition) is 4. The summed E-state index contributed by atoms with van der Waals surface area (Å²) in [6.07, 6.45) is 0.954. The van der Waals surface area contributed by atoms with E-state index in [1.165, 1.54) is 4.90 Å². The number of hydrogen-bond donors (Lipinski definition) is 2. The number of nitrogens with zero attached hydrogens (tertiary/aromatic N) is 3. The van der Waals surface area contributed by atoms with Crippen molar-refractivity contribution < 1.29 is 19.2 Å². The summed E-state index contributed by atoms with van der Waals surface area (Å²) in [6.45, 7) is 2.52. The first-order valence-electron chi connectivity index (χ1n) is 9.23. The van der Waals surface area contributed by atoms with Gasteiger partial charge < -0.3 is 15.1 Å². The molecule has 150 valence electrons. The van der Waals surface area contributed by atoms with E-state index in [0.29, 0.717) is 31.5 Å². The van der Waals surface area contributed by atoms with Gasteiger partial charge in [-0.15, -0.1) is 0 Å². The number of benzene rings is 1. The molecule has 1 atom stereocenters. The number of urea groups is 2. The molecule has 0 spiro atoms. The molecule has 2 N–H and O–H groups in total. The van der Waals surface area contributed by atoms with Crippen LogP contribution < -0.4 is 10.7 Å². The van der Waals surface area contributed by atoms with Crippen LogP contribution in [0, 0.1) is 5.92 Å². The third kappa shape index (κ3) is 3.51. The van der Waals surface area contributed by atoms with Gasteiger partial charge in [-0.25, -0.2) is 9.59 Å². The summed E-state index contributed by atoms with van der Waals surface area (Å²) in [5.41, 5.74) is 1.87. The maximum Gasteiger partial charge on any atom is 0.344 e. The van der Waals surface area contributed by atoms with Crippen LogP contribution in [-0.4, -0.2) is 65.9 Å². The van der Waals surface area contributed by atoms with Crippen LogP contribution in [0.5, 0.6) is 0 Å². The van der Waals surface area contributed by atoms with Crippen molar-refractivity contribution in [1.82, 2.24) is 25.6 Å². The van der Waals surface area contributed by atoms with Crippen LogP contribution >= 0.6 is 0 Å². The van der Waals surface area contributed by atoms with Crippen LogP contribution in [0.4, 0.5) is 9.59 Å². The van der Waals surface area contributed by atoms with E-state index in [2.05, 4.69) is 10.7 Å². The Morgan fingerprint density at radius 3 is 2.32 bits per heavy atom. The van der Waals surface area contributed by atoms with Crippen LogP contribution in [0.15, 0.2) is 30.3 Å². The summed E-state index contributed by atoms with van der Waals surface area (Å²) in [5.74, 6) is -1.29.